The van der Waals surface area contributed by atoms with E-state index in [-0.39, 0.29) is 5.91 Å². The molecule has 0 aliphatic heterocycles. The summed E-state index contributed by atoms with van der Waals surface area (Å²) in [5.41, 5.74) is 4.02. The lowest BCUT2D eigenvalue weighted by molar-refractivity contribution is -0.112. The summed E-state index contributed by atoms with van der Waals surface area (Å²) in [6.07, 6.45) is 6.13. The second-order valence-electron chi connectivity index (χ2n) is 6.32. The molecule has 9 heteroatoms. The van der Waals surface area contributed by atoms with E-state index in [0.717, 1.165) is 23.3 Å². The molecule has 0 saturated carbocycles. The van der Waals surface area contributed by atoms with Crippen molar-refractivity contribution in [2.75, 3.05) is 19.5 Å². The molecule has 2 aromatic rings. The second-order valence-corrected chi connectivity index (χ2v) is 7.64. The summed E-state index contributed by atoms with van der Waals surface area (Å²) in [7, 11) is 3.05. The molecule has 0 aliphatic rings. The highest BCUT2D eigenvalue weighted by molar-refractivity contribution is 7.17. The molecule has 1 N–H and O–H groups in total. The van der Waals surface area contributed by atoms with Crippen molar-refractivity contribution in [2.45, 2.75) is 34.1 Å². The Bertz CT molecular complexity index is 1010. The highest BCUT2D eigenvalue weighted by Crippen LogP contribution is 2.34. The largest absolute Gasteiger partial charge is 0.494 e. The van der Waals surface area contributed by atoms with Crippen LogP contribution in [-0.4, -0.2) is 35.3 Å². The summed E-state index contributed by atoms with van der Waals surface area (Å²) >= 11 is 7.30. The second kappa shape index (κ2) is 10.9. The number of nitrogens with zero attached hydrogens (tertiary/aromatic N) is 3. The number of allylic oxidation sites excluding steroid dienone is 4. The number of hydrogen-bond donors (Lipinski definition) is 1. The third-order valence-corrected chi connectivity index (χ3v) is 5.54. The first-order valence-corrected chi connectivity index (χ1v) is 10.5. The van der Waals surface area contributed by atoms with Crippen LogP contribution in [0.2, 0.25) is 5.15 Å². The third-order valence-electron chi connectivity index (χ3n) is 4.53. The fourth-order valence-corrected chi connectivity index (χ4v) is 3.34. The zero-order valence-electron chi connectivity index (χ0n) is 17.9. The number of hydrogen-bond acceptors (Lipinski definition) is 7. The van der Waals surface area contributed by atoms with Crippen LogP contribution < -0.4 is 14.8 Å². The minimum absolute atomic E-state index is 0.301. The number of amides is 1. The standard InChI is InChI=1S/C21H25ClN4O3S/c1-7-12(3)13(4)9-15(16-10-18(22)23-11-17(16)28-5)14(8-2)19(27)24-20-25-26-21(29-6)30-20/h8-11H,7H2,1-6H3,(H,24,25,27)/b13-12?,14-8+,15-9+. The van der Waals surface area contributed by atoms with Crippen LogP contribution in [-0.2, 0) is 4.79 Å². The van der Waals surface area contributed by atoms with Crippen molar-refractivity contribution in [3.05, 3.63) is 51.9 Å². The van der Waals surface area contributed by atoms with Gasteiger partial charge in [-0.2, -0.15) is 0 Å². The van der Waals surface area contributed by atoms with E-state index in [1.165, 1.54) is 18.9 Å². The highest BCUT2D eigenvalue weighted by atomic mass is 35.5. The number of halogens is 1. The fourth-order valence-electron chi connectivity index (χ4n) is 2.63. The maximum absolute atomic E-state index is 13.1. The summed E-state index contributed by atoms with van der Waals surface area (Å²) < 4.78 is 10.5. The molecule has 0 aliphatic carbocycles. The Morgan fingerprint density at radius 2 is 2.00 bits per heavy atom. The quantitative estimate of drug-likeness (QED) is 0.334. The number of carbonyl (C=O) groups excluding carboxylic acids is 1. The van der Waals surface area contributed by atoms with Gasteiger partial charge in [-0.15, -0.1) is 5.10 Å². The zero-order chi connectivity index (χ0) is 22.3. The Kier molecular flexibility index (Phi) is 8.56. The summed E-state index contributed by atoms with van der Waals surface area (Å²) in [4.78, 5) is 17.2. The predicted octanol–water partition coefficient (Wildman–Crippen LogP) is 5.32. The van der Waals surface area contributed by atoms with E-state index in [4.69, 9.17) is 21.1 Å². The Morgan fingerprint density at radius 1 is 1.27 bits per heavy atom. The average molecular weight is 449 g/mol. The molecule has 0 atom stereocenters. The SMILES string of the molecule is C/C=C(C(=O)Nc1nnc(OC)s1)\C(=C/C(C)=C(C)CC)c1cc(Cl)ncc1OC. The van der Waals surface area contributed by atoms with Crippen molar-refractivity contribution >= 4 is 39.5 Å². The van der Waals surface area contributed by atoms with Crippen molar-refractivity contribution in [1.29, 1.82) is 0 Å². The van der Waals surface area contributed by atoms with Gasteiger partial charge in [0.15, 0.2) is 0 Å². The van der Waals surface area contributed by atoms with E-state index in [1.54, 1.807) is 26.2 Å². The molecular formula is C21H25ClN4O3S. The molecule has 0 unspecified atom stereocenters. The van der Waals surface area contributed by atoms with Crippen molar-refractivity contribution in [3.8, 4) is 10.9 Å². The van der Waals surface area contributed by atoms with Gasteiger partial charge in [0.1, 0.15) is 10.9 Å². The third kappa shape index (κ3) is 5.67. The van der Waals surface area contributed by atoms with Crippen LogP contribution in [0.5, 0.6) is 10.9 Å². The Balaban J connectivity index is 2.58. The number of methoxy groups -OCH3 is 2. The molecule has 7 nitrogen and oxygen atoms in total. The molecule has 2 aromatic heterocycles. The minimum Gasteiger partial charge on any atom is -0.494 e. The maximum atomic E-state index is 13.1. The molecule has 0 saturated heterocycles. The van der Waals surface area contributed by atoms with Gasteiger partial charge in [0.25, 0.3) is 11.1 Å². The minimum atomic E-state index is -0.334. The van der Waals surface area contributed by atoms with E-state index in [1.807, 2.05) is 13.0 Å². The van der Waals surface area contributed by atoms with Gasteiger partial charge in [0.05, 0.1) is 20.4 Å². The Labute approximate surface area is 185 Å². The molecule has 160 valence electrons. The molecule has 2 heterocycles. The maximum Gasteiger partial charge on any atom is 0.295 e. The first-order chi connectivity index (χ1) is 14.3. The molecule has 1 amide bonds. The number of anilines is 1. The van der Waals surface area contributed by atoms with Gasteiger partial charge < -0.3 is 9.47 Å². The summed E-state index contributed by atoms with van der Waals surface area (Å²) in [6.45, 7) is 7.95. The molecule has 0 spiro atoms. The zero-order valence-corrected chi connectivity index (χ0v) is 19.4. The lowest BCUT2D eigenvalue weighted by Crippen LogP contribution is -2.16. The van der Waals surface area contributed by atoms with Crippen molar-refractivity contribution in [3.63, 3.8) is 0 Å². The first-order valence-electron chi connectivity index (χ1n) is 9.28. The van der Waals surface area contributed by atoms with E-state index in [0.29, 0.717) is 37.9 Å². The Morgan fingerprint density at radius 3 is 2.57 bits per heavy atom. The summed E-state index contributed by atoms with van der Waals surface area (Å²) in [5, 5.41) is 11.6. The lowest BCUT2D eigenvalue weighted by Gasteiger charge is -2.16. The van der Waals surface area contributed by atoms with Crippen molar-refractivity contribution < 1.29 is 14.3 Å². The van der Waals surface area contributed by atoms with Crippen molar-refractivity contribution in [2.24, 2.45) is 0 Å². The van der Waals surface area contributed by atoms with Crippen LogP contribution >= 0.6 is 22.9 Å². The van der Waals surface area contributed by atoms with Crippen LogP contribution in [0.15, 0.2) is 41.1 Å². The van der Waals surface area contributed by atoms with E-state index >= 15 is 0 Å². The highest BCUT2D eigenvalue weighted by Gasteiger charge is 2.21. The van der Waals surface area contributed by atoms with E-state index < -0.39 is 0 Å². The predicted molar refractivity (Wildman–Crippen MR) is 121 cm³/mol. The van der Waals surface area contributed by atoms with Crippen LogP contribution in [0.25, 0.3) is 5.57 Å². The van der Waals surface area contributed by atoms with Crippen LogP contribution in [0, 0.1) is 0 Å². The fraction of sp³-hybridized carbons (Fsp3) is 0.333. The van der Waals surface area contributed by atoms with Gasteiger partial charge in [-0.05, 0) is 50.2 Å². The molecule has 0 radical (unpaired) electrons. The van der Waals surface area contributed by atoms with Gasteiger partial charge in [0, 0.05) is 11.1 Å². The molecule has 0 bridgehead atoms. The number of ether oxygens (including phenoxy) is 2. The van der Waals surface area contributed by atoms with Crippen LogP contribution in [0.1, 0.15) is 39.7 Å². The number of rotatable bonds is 8. The van der Waals surface area contributed by atoms with Gasteiger partial charge in [-0.1, -0.05) is 46.9 Å². The normalized spacial score (nSPS) is 13.0. The van der Waals surface area contributed by atoms with Gasteiger partial charge >= 0.3 is 0 Å². The smallest absolute Gasteiger partial charge is 0.295 e. The molecular weight excluding hydrogens is 424 g/mol. The number of aromatic nitrogens is 3. The molecule has 30 heavy (non-hydrogen) atoms. The number of nitrogens with one attached hydrogen (secondary N) is 1. The number of carbonyl (C=O) groups is 1. The lowest BCUT2D eigenvalue weighted by atomic mass is 9.93. The Hall–Kier alpha value is -2.71. The average Bonchev–Trinajstić information content (AvgIpc) is 3.20. The van der Waals surface area contributed by atoms with Gasteiger partial charge in [-0.25, -0.2) is 4.98 Å². The van der Waals surface area contributed by atoms with Crippen LogP contribution in [0.3, 0.4) is 0 Å². The van der Waals surface area contributed by atoms with Gasteiger partial charge in [0.2, 0.25) is 5.13 Å². The van der Waals surface area contributed by atoms with E-state index in [9.17, 15) is 4.79 Å². The van der Waals surface area contributed by atoms with Gasteiger partial charge in [-0.3, -0.25) is 10.1 Å². The number of pyridine rings is 1. The topological polar surface area (TPSA) is 86.2 Å². The van der Waals surface area contributed by atoms with Crippen LogP contribution in [0.4, 0.5) is 5.13 Å². The monoisotopic (exact) mass is 448 g/mol. The summed E-state index contributed by atoms with van der Waals surface area (Å²) in [6, 6.07) is 1.69. The summed E-state index contributed by atoms with van der Waals surface area (Å²) in [5.74, 6) is 0.178. The first kappa shape index (κ1) is 23.6. The molecule has 0 aromatic carbocycles. The van der Waals surface area contributed by atoms with Crippen molar-refractivity contribution in [1.82, 2.24) is 15.2 Å². The molecule has 0 fully saturated rings. The van der Waals surface area contributed by atoms with E-state index in [2.05, 4.69) is 34.3 Å². The molecule has 2 rings (SSSR count).